The van der Waals surface area contributed by atoms with Gasteiger partial charge in [0.15, 0.2) is 0 Å². The van der Waals surface area contributed by atoms with Crippen LogP contribution in [0.2, 0.25) is 0 Å². The van der Waals surface area contributed by atoms with Crippen LogP contribution in [0, 0.1) is 0 Å². The van der Waals surface area contributed by atoms with Crippen LogP contribution >= 0.6 is 12.4 Å². The minimum atomic E-state index is -0.653. The van der Waals surface area contributed by atoms with E-state index >= 15 is 0 Å². The van der Waals surface area contributed by atoms with Gasteiger partial charge in [-0.1, -0.05) is 5.21 Å². The van der Waals surface area contributed by atoms with Crippen molar-refractivity contribution >= 4 is 24.0 Å². The molecule has 1 aliphatic rings. The third-order valence-corrected chi connectivity index (χ3v) is 4.61. The predicted octanol–water partition coefficient (Wildman–Crippen LogP) is 1.60. The molecule has 0 radical (unpaired) electrons. The Bertz CT molecular complexity index is 825. The Labute approximate surface area is 157 Å². The van der Waals surface area contributed by atoms with E-state index in [1.807, 2.05) is 36.5 Å². The van der Waals surface area contributed by atoms with Crippen LogP contribution in [-0.2, 0) is 10.3 Å². The first kappa shape index (κ1) is 18.1. The number of carbonyl (C=O) groups is 1. The zero-order valence-corrected chi connectivity index (χ0v) is 14.9. The summed E-state index contributed by atoms with van der Waals surface area (Å²) in [5.74, 6) is -0.0359. The Kier molecular flexibility index (Phi) is 5.34. The molecule has 0 unspecified atom stereocenters. The van der Waals surface area contributed by atoms with Crippen molar-refractivity contribution < 1.29 is 4.79 Å². The van der Waals surface area contributed by atoms with Gasteiger partial charge in [-0.25, -0.2) is 4.68 Å². The molecule has 1 aliphatic heterocycles. The van der Waals surface area contributed by atoms with E-state index in [0.29, 0.717) is 12.8 Å². The van der Waals surface area contributed by atoms with Crippen LogP contribution in [0.5, 0.6) is 0 Å². The highest BCUT2D eigenvalue weighted by Gasteiger charge is 2.42. The van der Waals surface area contributed by atoms with Crippen LogP contribution in [0.3, 0.4) is 0 Å². The molecule has 2 N–H and O–H groups in total. The molecule has 3 heterocycles. The van der Waals surface area contributed by atoms with Crippen LogP contribution in [0.1, 0.15) is 12.8 Å². The Morgan fingerprint density at radius 3 is 2.50 bits per heavy atom. The highest BCUT2D eigenvalue weighted by Crippen LogP contribution is 2.28. The van der Waals surface area contributed by atoms with Gasteiger partial charge >= 0.3 is 0 Å². The highest BCUT2D eigenvalue weighted by molar-refractivity contribution is 5.96. The van der Waals surface area contributed by atoms with E-state index in [1.165, 1.54) is 0 Å². The maximum absolute atomic E-state index is 13.1. The summed E-state index contributed by atoms with van der Waals surface area (Å²) >= 11 is 0. The number of anilines is 1. The van der Waals surface area contributed by atoms with Gasteiger partial charge in [-0.3, -0.25) is 9.48 Å². The van der Waals surface area contributed by atoms with Crippen molar-refractivity contribution in [1.82, 2.24) is 30.1 Å². The van der Waals surface area contributed by atoms with E-state index in [-0.39, 0.29) is 18.3 Å². The number of nitrogens with one attached hydrogen (secondary N) is 2. The number of amides is 1. The Morgan fingerprint density at radius 1 is 1.12 bits per heavy atom. The molecule has 0 aliphatic carbocycles. The van der Waals surface area contributed by atoms with Gasteiger partial charge in [0.2, 0.25) is 0 Å². The lowest BCUT2D eigenvalue weighted by atomic mass is 9.87. The molecule has 136 valence electrons. The average Bonchev–Trinajstić information content (AvgIpc) is 3.37. The molecule has 4 rings (SSSR count). The Hall–Kier alpha value is -2.71. The Balaban J connectivity index is 0.00000196. The molecule has 0 spiro atoms. The van der Waals surface area contributed by atoms with Gasteiger partial charge in [0.05, 0.1) is 18.1 Å². The summed E-state index contributed by atoms with van der Waals surface area (Å²) in [4.78, 5) is 13.1. The fourth-order valence-electron chi connectivity index (χ4n) is 3.21. The molecule has 0 atom stereocenters. The minimum Gasteiger partial charge on any atom is -0.324 e. The minimum absolute atomic E-state index is 0. The molecular weight excluding hydrogens is 354 g/mol. The molecule has 9 heteroatoms. The summed E-state index contributed by atoms with van der Waals surface area (Å²) < 4.78 is 3.45. The number of hydrogen-bond donors (Lipinski definition) is 2. The van der Waals surface area contributed by atoms with Gasteiger partial charge in [-0.15, -0.1) is 17.5 Å². The van der Waals surface area contributed by atoms with Crippen molar-refractivity contribution in [3.63, 3.8) is 0 Å². The maximum Gasteiger partial charge on any atom is 0.252 e. The van der Waals surface area contributed by atoms with E-state index in [2.05, 4.69) is 26.0 Å². The number of piperidine rings is 1. The number of benzene rings is 1. The van der Waals surface area contributed by atoms with Crippen molar-refractivity contribution in [2.45, 2.75) is 18.4 Å². The third kappa shape index (κ3) is 3.33. The molecule has 1 saturated heterocycles. The molecule has 3 aromatic rings. The first-order valence-electron chi connectivity index (χ1n) is 8.27. The van der Waals surface area contributed by atoms with E-state index in [4.69, 9.17) is 0 Å². The maximum atomic E-state index is 13.1. The summed E-state index contributed by atoms with van der Waals surface area (Å²) in [5, 5.41) is 18.4. The second-order valence-corrected chi connectivity index (χ2v) is 6.08. The van der Waals surface area contributed by atoms with E-state index in [9.17, 15) is 4.79 Å². The molecule has 2 aromatic heterocycles. The van der Waals surface area contributed by atoms with Crippen molar-refractivity contribution in [1.29, 1.82) is 0 Å². The lowest BCUT2D eigenvalue weighted by molar-refractivity contribution is -0.126. The van der Waals surface area contributed by atoms with Crippen molar-refractivity contribution in [2.75, 3.05) is 18.4 Å². The van der Waals surface area contributed by atoms with Gasteiger partial charge in [-0.2, -0.15) is 5.10 Å². The average molecular weight is 374 g/mol. The number of rotatable bonds is 4. The lowest BCUT2D eigenvalue weighted by Gasteiger charge is -2.36. The second kappa shape index (κ2) is 7.67. The number of aromatic nitrogens is 5. The molecule has 1 aromatic carbocycles. The van der Waals surface area contributed by atoms with Crippen LogP contribution in [0.4, 0.5) is 5.69 Å². The quantitative estimate of drug-likeness (QED) is 0.725. The van der Waals surface area contributed by atoms with Crippen molar-refractivity contribution in [2.24, 2.45) is 0 Å². The normalized spacial score (nSPS) is 15.8. The monoisotopic (exact) mass is 373 g/mol. The first-order chi connectivity index (χ1) is 12.3. The van der Waals surface area contributed by atoms with Crippen molar-refractivity contribution in [3.8, 4) is 5.69 Å². The van der Waals surface area contributed by atoms with Gasteiger partial charge < -0.3 is 10.6 Å². The fraction of sp³-hybridized carbons (Fsp3) is 0.294. The molecule has 0 bridgehead atoms. The molecule has 1 amide bonds. The van der Waals surface area contributed by atoms with Gasteiger partial charge in [-0.05, 0) is 56.3 Å². The summed E-state index contributed by atoms with van der Waals surface area (Å²) in [7, 11) is 0. The Morgan fingerprint density at radius 2 is 1.88 bits per heavy atom. The summed E-state index contributed by atoms with van der Waals surface area (Å²) in [6, 6.07) is 9.38. The fourth-order valence-corrected chi connectivity index (χ4v) is 3.21. The summed E-state index contributed by atoms with van der Waals surface area (Å²) in [6.45, 7) is 1.58. The summed E-state index contributed by atoms with van der Waals surface area (Å²) in [5.41, 5.74) is 0.984. The molecule has 8 nitrogen and oxygen atoms in total. The van der Waals surface area contributed by atoms with Gasteiger partial charge in [0.1, 0.15) is 5.54 Å². The third-order valence-electron chi connectivity index (χ3n) is 4.61. The molecule has 1 fully saturated rings. The second-order valence-electron chi connectivity index (χ2n) is 6.08. The zero-order chi connectivity index (χ0) is 17.1. The predicted molar refractivity (Wildman–Crippen MR) is 99.5 cm³/mol. The van der Waals surface area contributed by atoms with Crippen LogP contribution in [0.25, 0.3) is 5.69 Å². The smallest absolute Gasteiger partial charge is 0.252 e. The first-order valence-corrected chi connectivity index (χ1v) is 8.27. The van der Waals surface area contributed by atoms with E-state index in [0.717, 1.165) is 24.5 Å². The number of halogens is 1. The topological polar surface area (TPSA) is 89.7 Å². The zero-order valence-electron chi connectivity index (χ0n) is 14.1. The summed E-state index contributed by atoms with van der Waals surface area (Å²) in [6.07, 6.45) is 8.38. The largest absolute Gasteiger partial charge is 0.324 e. The highest BCUT2D eigenvalue weighted by atomic mass is 35.5. The van der Waals surface area contributed by atoms with Crippen LogP contribution < -0.4 is 10.6 Å². The number of nitrogens with zero attached hydrogens (tertiary/aromatic N) is 5. The van der Waals surface area contributed by atoms with Crippen LogP contribution in [-0.4, -0.2) is 43.8 Å². The number of hydrogen-bond acceptors (Lipinski definition) is 5. The van der Waals surface area contributed by atoms with E-state index in [1.54, 1.807) is 28.0 Å². The van der Waals surface area contributed by atoms with Crippen LogP contribution in [0.15, 0.2) is 55.1 Å². The number of carbonyl (C=O) groups excluding carboxylic acids is 1. The standard InChI is InChI=1S/C17H19N7O.ClH/c25-16(17(6-9-18-10-7-17)24-12-1-8-20-24)21-14-2-4-15(5-3-14)23-13-11-19-22-23;/h1-5,8,11-13,18H,6-7,9-10H2,(H,21,25);1H. The van der Waals surface area contributed by atoms with Crippen molar-refractivity contribution in [3.05, 3.63) is 55.1 Å². The van der Waals surface area contributed by atoms with E-state index < -0.39 is 5.54 Å². The van der Waals surface area contributed by atoms with Gasteiger partial charge in [0, 0.05) is 18.1 Å². The molecule has 0 saturated carbocycles. The molecular formula is C17H20ClN7O. The molecule has 26 heavy (non-hydrogen) atoms. The van der Waals surface area contributed by atoms with Gasteiger partial charge in [0.25, 0.3) is 5.91 Å². The lowest BCUT2D eigenvalue weighted by Crippen LogP contribution is -2.52. The SMILES string of the molecule is Cl.O=C(Nc1ccc(-n2ccnn2)cc1)C1(n2cccn2)CCNCC1.